The zero-order valence-corrected chi connectivity index (χ0v) is 16.2. The van der Waals surface area contributed by atoms with Gasteiger partial charge >= 0.3 is 0 Å². The molecule has 1 aliphatic rings. The van der Waals surface area contributed by atoms with Crippen LogP contribution in [0.2, 0.25) is 0 Å². The molecule has 6 nitrogen and oxygen atoms in total. The minimum absolute atomic E-state index is 0.130. The number of rotatable bonds is 4. The molecule has 0 atom stereocenters. The maximum absolute atomic E-state index is 12.4. The van der Waals surface area contributed by atoms with E-state index in [2.05, 4.69) is 21.2 Å². The van der Waals surface area contributed by atoms with Gasteiger partial charge in [-0.05, 0) is 37.1 Å². The fraction of sp³-hybridized carbons (Fsp3) is 0.294. The van der Waals surface area contributed by atoms with E-state index in [1.165, 1.54) is 11.3 Å². The normalized spacial score (nSPS) is 12.8. The standard InChI is InChI=1S/C17H17BrN2O4S/c1-8-9(2)25-17(15(8)16(19)22)20-14(21)6-10-5-12-13(7-11(10)18)24-4-3-23-12/h5,7H,3-4,6H2,1-2H3,(H2,19,22)(H,20,21). The van der Waals surface area contributed by atoms with E-state index in [4.69, 9.17) is 15.2 Å². The quantitative estimate of drug-likeness (QED) is 0.788. The molecule has 0 bridgehead atoms. The summed E-state index contributed by atoms with van der Waals surface area (Å²) in [5, 5.41) is 3.28. The molecule has 132 valence electrons. The lowest BCUT2D eigenvalue weighted by Crippen LogP contribution is -2.19. The Hall–Kier alpha value is -2.06. The zero-order valence-electron chi connectivity index (χ0n) is 13.8. The molecule has 0 unspecified atom stereocenters. The van der Waals surface area contributed by atoms with Gasteiger partial charge in [0.2, 0.25) is 5.91 Å². The predicted molar refractivity (Wildman–Crippen MR) is 99.8 cm³/mol. The molecule has 8 heteroatoms. The third kappa shape index (κ3) is 3.64. The van der Waals surface area contributed by atoms with Crippen molar-refractivity contribution in [3.63, 3.8) is 0 Å². The highest BCUT2D eigenvalue weighted by Gasteiger charge is 2.20. The molecule has 0 saturated heterocycles. The largest absolute Gasteiger partial charge is 0.486 e. The van der Waals surface area contributed by atoms with Crippen LogP contribution in [0.25, 0.3) is 0 Å². The number of carbonyl (C=O) groups excluding carboxylic acids is 2. The molecule has 0 fully saturated rings. The molecule has 2 aromatic rings. The number of primary amides is 1. The Balaban J connectivity index is 1.80. The number of amides is 2. The van der Waals surface area contributed by atoms with Crippen LogP contribution in [0, 0.1) is 13.8 Å². The number of thiophene rings is 1. The van der Waals surface area contributed by atoms with Gasteiger partial charge in [0.05, 0.1) is 12.0 Å². The molecule has 0 saturated carbocycles. The van der Waals surface area contributed by atoms with Crippen molar-refractivity contribution in [2.45, 2.75) is 20.3 Å². The van der Waals surface area contributed by atoms with Crippen LogP contribution in [0.1, 0.15) is 26.4 Å². The van der Waals surface area contributed by atoms with E-state index in [9.17, 15) is 9.59 Å². The molecule has 0 radical (unpaired) electrons. The topological polar surface area (TPSA) is 90.7 Å². The smallest absolute Gasteiger partial charge is 0.251 e. The summed E-state index contributed by atoms with van der Waals surface area (Å²) in [4.78, 5) is 25.0. The predicted octanol–water partition coefficient (Wildman–Crippen LogP) is 3.18. The van der Waals surface area contributed by atoms with E-state index in [1.54, 1.807) is 12.1 Å². The molecular formula is C17H17BrN2O4S. The first-order chi connectivity index (χ1) is 11.9. The molecule has 0 aliphatic carbocycles. The van der Waals surface area contributed by atoms with E-state index in [-0.39, 0.29) is 12.3 Å². The second-order valence-electron chi connectivity index (χ2n) is 5.66. The average Bonchev–Trinajstić information content (AvgIpc) is 2.82. The van der Waals surface area contributed by atoms with Crippen LogP contribution >= 0.6 is 27.3 Å². The van der Waals surface area contributed by atoms with E-state index < -0.39 is 5.91 Å². The second-order valence-corrected chi connectivity index (χ2v) is 7.74. The first-order valence-corrected chi connectivity index (χ1v) is 9.25. The van der Waals surface area contributed by atoms with Gasteiger partial charge in [-0.3, -0.25) is 9.59 Å². The molecule has 1 aliphatic heterocycles. The third-order valence-corrected chi connectivity index (χ3v) is 5.81. The summed E-state index contributed by atoms with van der Waals surface area (Å²) < 4.78 is 11.8. The van der Waals surface area contributed by atoms with Gasteiger partial charge in [0.1, 0.15) is 18.2 Å². The Morgan fingerprint density at radius 1 is 1.24 bits per heavy atom. The van der Waals surface area contributed by atoms with Crippen molar-refractivity contribution in [3.8, 4) is 11.5 Å². The Morgan fingerprint density at radius 3 is 2.52 bits per heavy atom. The lowest BCUT2D eigenvalue weighted by Gasteiger charge is -2.19. The first kappa shape index (κ1) is 17.8. The van der Waals surface area contributed by atoms with E-state index in [1.807, 2.05) is 13.8 Å². The van der Waals surface area contributed by atoms with Crippen LogP contribution < -0.4 is 20.5 Å². The molecule has 1 aromatic heterocycles. The van der Waals surface area contributed by atoms with Gasteiger partial charge in [-0.15, -0.1) is 11.3 Å². The number of ether oxygens (including phenoxy) is 2. The highest BCUT2D eigenvalue weighted by Crippen LogP contribution is 2.36. The molecule has 3 rings (SSSR count). The molecule has 1 aromatic carbocycles. The molecule has 2 heterocycles. The monoisotopic (exact) mass is 424 g/mol. The number of hydrogen-bond acceptors (Lipinski definition) is 5. The van der Waals surface area contributed by atoms with Crippen molar-refractivity contribution >= 4 is 44.1 Å². The Kier molecular flexibility index (Phi) is 5.01. The SMILES string of the molecule is Cc1sc(NC(=O)Cc2cc3c(cc2Br)OCCO3)c(C(N)=O)c1C. The minimum atomic E-state index is -0.544. The van der Waals surface area contributed by atoms with Gasteiger partial charge in [-0.2, -0.15) is 0 Å². The van der Waals surface area contributed by atoms with Gasteiger partial charge in [0, 0.05) is 9.35 Å². The number of halogens is 1. The van der Waals surface area contributed by atoms with Crippen LogP contribution in [-0.4, -0.2) is 25.0 Å². The summed E-state index contributed by atoms with van der Waals surface area (Å²) in [6.45, 7) is 4.70. The Labute approximate surface area is 157 Å². The number of anilines is 1. The van der Waals surface area contributed by atoms with Crippen molar-refractivity contribution in [3.05, 3.63) is 38.2 Å². The molecular weight excluding hydrogens is 408 g/mol. The highest BCUT2D eigenvalue weighted by molar-refractivity contribution is 9.10. The van der Waals surface area contributed by atoms with Crippen LogP contribution in [0.4, 0.5) is 5.00 Å². The third-order valence-electron chi connectivity index (χ3n) is 3.95. The highest BCUT2D eigenvalue weighted by atomic mass is 79.9. The van der Waals surface area contributed by atoms with Crippen molar-refractivity contribution in [2.75, 3.05) is 18.5 Å². The number of carbonyl (C=O) groups is 2. The fourth-order valence-corrected chi connectivity index (χ4v) is 4.14. The Bertz CT molecular complexity index is 863. The van der Waals surface area contributed by atoms with Gasteiger partial charge in [0.15, 0.2) is 11.5 Å². The number of benzene rings is 1. The van der Waals surface area contributed by atoms with Gasteiger partial charge in [-0.25, -0.2) is 0 Å². The summed E-state index contributed by atoms with van der Waals surface area (Å²) in [6.07, 6.45) is 0.130. The van der Waals surface area contributed by atoms with E-state index >= 15 is 0 Å². The summed E-state index contributed by atoms with van der Waals surface area (Å²) >= 11 is 4.80. The number of nitrogens with one attached hydrogen (secondary N) is 1. The van der Waals surface area contributed by atoms with Crippen LogP contribution in [0.15, 0.2) is 16.6 Å². The van der Waals surface area contributed by atoms with Crippen LogP contribution in [0.3, 0.4) is 0 Å². The lowest BCUT2D eigenvalue weighted by molar-refractivity contribution is -0.115. The Morgan fingerprint density at radius 2 is 1.88 bits per heavy atom. The molecule has 2 amide bonds. The number of fused-ring (bicyclic) bond motifs is 1. The maximum atomic E-state index is 12.4. The van der Waals surface area contributed by atoms with Gasteiger partial charge in [0.25, 0.3) is 5.91 Å². The van der Waals surface area contributed by atoms with Crippen molar-refractivity contribution in [1.29, 1.82) is 0 Å². The second kappa shape index (κ2) is 7.05. The lowest BCUT2D eigenvalue weighted by atomic mass is 10.1. The average molecular weight is 425 g/mol. The van der Waals surface area contributed by atoms with E-state index in [0.29, 0.717) is 35.3 Å². The van der Waals surface area contributed by atoms with Crippen LogP contribution in [0.5, 0.6) is 11.5 Å². The van der Waals surface area contributed by atoms with Crippen LogP contribution in [-0.2, 0) is 11.2 Å². The number of aryl methyl sites for hydroxylation is 1. The number of nitrogens with two attached hydrogens (primary N) is 1. The van der Waals surface area contributed by atoms with Gasteiger partial charge < -0.3 is 20.5 Å². The van der Waals surface area contributed by atoms with Gasteiger partial charge in [-0.1, -0.05) is 15.9 Å². The number of hydrogen-bond donors (Lipinski definition) is 2. The molecule has 25 heavy (non-hydrogen) atoms. The first-order valence-electron chi connectivity index (χ1n) is 7.64. The summed E-state index contributed by atoms with van der Waals surface area (Å²) in [7, 11) is 0. The molecule has 0 spiro atoms. The van der Waals surface area contributed by atoms with Crippen molar-refractivity contribution < 1.29 is 19.1 Å². The maximum Gasteiger partial charge on any atom is 0.251 e. The summed E-state index contributed by atoms with van der Waals surface area (Å²) in [6, 6.07) is 3.59. The summed E-state index contributed by atoms with van der Waals surface area (Å²) in [5.74, 6) is 0.500. The fourth-order valence-electron chi connectivity index (χ4n) is 2.60. The minimum Gasteiger partial charge on any atom is -0.486 e. The van der Waals surface area contributed by atoms with Crippen molar-refractivity contribution in [2.24, 2.45) is 5.73 Å². The van der Waals surface area contributed by atoms with E-state index in [0.717, 1.165) is 20.5 Å². The molecule has 3 N–H and O–H groups in total. The zero-order chi connectivity index (χ0) is 18.1. The van der Waals surface area contributed by atoms with Crippen molar-refractivity contribution in [1.82, 2.24) is 0 Å². The summed E-state index contributed by atoms with van der Waals surface area (Å²) in [5.41, 5.74) is 7.38.